The molecule has 6 rings (SSSR count). The number of carbonyl (C=O) groups is 3. The number of ether oxygens (including phenoxy) is 5. The molecular weight excluding hydrogens is 775 g/mol. The average molecular weight is 836 g/mol. The van der Waals surface area contributed by atoms with Crippen LogP contribution in [-0.4, -0.2) is 136 Å². The van der Waals surface area contributed by atoms with Crippen LogP contribution >= 0.6 is 11.5 Å². The molecule has 2 bridgehead atoms. The molecule has 1 aromatic heterocycles. The molecule has 13 atom stereocenters. The summed E-state index contributed by atoms with van der Waals surface area (Å²) in [6, 6.07) is 7.34. The molecule has 0 saturated carbocycles. The summed E-state index contributed by atoms with van der Waals surface area (Å²) in [4.78, 5) is 51.8. The first-order chi connectivity index (χ1) is 28.0. The monoisotopic (exact) mass is 835 g/mol. The van der Waals surface area contributed by atoms with Gasteiger partial charge in [0.05, 0.1) is 41.5 Å². The predicted molar refractivity (Wildman–Crippen MR) is 223 cm³/mol. The van der Waals surface area contributed by atoms with E-state index in [0.29, 0.717) is 38.8 Å². The lowest BCUT2D eigenvalue weighted by molar-refractivity contribution is -0.296. The van der Waals surface area contributed by atoms with Crippen molar-refractivity contribution in [1.29, 1.82) is 0 Å². The Morgan fingerprint density at radius 2 is 1.78 bits per heavy atom. The number of carbonyl (C=O) groups excluding carboxylic acids is 3. The van der Waals surface area contributed by atoms with Crippen LogP contribution in [0.1, 0.15) is 80.2 Å². The van der Waals surface area contributed by atoms with Crippen LogP contribution in [0.5, 0.6) is 0 Å². The maximum atomic E-state index is 14.6. The number of aromatic nitrogens is 2. The quantitative estimate of drug-likeness (QED) is 0.210. The lowest BCUT2D eigenvalue weighted by atomic mass is 9.73. The third-order valence-electron chi connectivity index (χ3n) is 12.9. The number of fused-ring (bicyclic) bond motifs is 1. The summed E-state index contributed by atoms with van der Waals surface area (Å²) >= 11 is 1.34. The zero-order valence-electron chi connectivity index (χ0n) is 36.0. The Morgan fingerprint density at radius 1 is 1.05 bits per heavy atom. The van der Waals surface area contributed by atoms with Crippen molar-refractivity contribution in [1.82, 2.24) is 19.4 Å². The van der Waals surface area contributed by atoms with E-state index < -0.39 is 71.5 Å². The maximum Gasteiger partial charge on any atom is 0.410 e. The van der Waals surface area contributed by atoms with Gasteiger partial charge in [-0.05, 0) is 89.6 Å². The molecule has 5 heterocycles. The highest BCUT2D eigenvalue weighted by atomic mass is 32.1. The van der Waals surface area contributed by atoms with Crippen LogP contribution in [0.3, 0.4) is 0 Å². The summed E-state index contributed by atoms with van der Waals surface area (Å²) in [5.74, 6) is 2.65. The number of hydrogen-bond acceptors (Lipinski definition) is 14. The molecule has 0 spiro atoms. The largest absolute Gasteiger partial charge is 0.458 e. The minimum atomic E-state index is -1.23. The van der Waals surface area contributed by atoms with Gasteiger partial charge in [0, 0.05) is 36.6 Å². The lowest BCUT2D eigenvalue weighted by Gasteiger charge is -2.47. The van der Waals surface area contributed by atoms with Gasteiger partial charge in [0.15, 0.2) is 17.7 Å². The van der Waals surface area contributed by atoms with Gasteiger partial charge in [-0.1, -0.05) is 68.3 Å². The van der Waals surface area contributed by atoms with Gasteiger partial charge < -0.3 is 33.7 Å². The second kappa shape index (κ2) is 18.5. The molecule has 15 heteroatoms. The first kappa shape index (κ1) is 44.8. The number of aliphatic hydroxyl groups excluding tert-OH is 1. The number of esters is 1. The summed E-state index contributed by atoms with van der Waals surface area (Å²) < 4.78 is 36.2. The number of hydrogen-bond donors (Lipinski definition) is 1. The molecule has 3 saturated heterocycles. The van der Waals surface area contributed by atoms with Crippen molar-refractivity contribution in [2.24, 2.45) is 28.7 Å². The van der Waals surface area contributed by atoms with Crippen molar-refractivity contribution in [3.8, 4) is 22.3 Å². The number of Topliss-reactive ketones (excluding diaryl/α,β-unsaturated/α-hetero) is 1. The number of ketones is 1. The fourth-order valence-corrected chi connectivity index (χ4v) is 10.3. The van der Waals surface area contributed by atoms with Gasteiger partial charge in [0.1, 0.15) is 24.7 Å². The summed E-state index contributed by atoms with van der Waals surface area (Å²) in [5.41, 5.74) is 0.503. The van der Waals surface area contributed by atoms with Crippen molar-refractivity contribution in [3.63, 3.8) is 0 Å². The second-order valence-electron chi connectivity index (χ2n) is 17.4. The van der Waals surface area contributed by atoms with Crippen LogP contribution in [0.2, 0.25) is 0 Å². The average Bonchev–Trinajstić information content (AvgIpc) is 3.78. The summed E-state index contributed by atoms with van der Waals surface area (Å²) in [6.07, 6.45) is -1.19. The SMILES string of the molecule is CC[C@H]1OC(=O)[C@H](C)C(=O)[C@H](C)[C@@H](O[C@@H]2O[C@H](C)C[C@H](N(C)C)[C@H]2O)[C@](C)(OCC#CCc2ccc(-c3cnns3)cc2)C[C@@H](C)C2=NCCN3C(=O)O[C@@]1(C)[C@H]3[C@H]2C. The zero-order valence-corrected chi connectivity index (χ0v) is 36.9. The van der Waals surface area contributed by atoms with Crippen molar-refractivity contribution in [3.05, 3.63) is 36.0 Å². The molecule has 0 unspecified atom stereocenters. The Morgan fingerprint density at radius 3 is 2.44 bits per heavy atom. The molecule has 1 aromatic carbocycles. The van der Waals surface area contributed by atoms with Crippen LogP contribution in [0.25, 0.3) is 10.4 Å². The van der Waals surface area contributed by atoms with E-state index in [9.17, 15) is 19.5 Å². The van der Waals surface area contributed by atoms with E-state index in [1.165, 1.54) is 18.5 Å². The highest BCUT2D eigenvalue weighted by Crippen LogP contribution is 2.44. The van der Waals surface area contributed by atoms with Gasteiger partial charge in [0.25, 0.3) is 0 Å². The fourth-order valence-electron chi connectivity index (χ4n) is 9.75. The Labute approximate surface area is 352 Å². The van der Waals surface area contributed by atoms with Crippen molar-refractivity contribution in [2.45, 2.75) is 135 Å². The van der Waals surface area contributed by atoms with E-state index in [-0.39, 0.29) is 30.6 Å². The minimum absolute atomic E-state index is 0.00797. The summed E-state index contributed by atoms with van der Waals surface area (Å²) in [6.45, 7) is 15.6. The number of amides is 1. The van der Waals surface area contributed by atoms with Gasteiger partial charge in [0.2, 0.25) is 0 Å². The number of benzene rings is 1. The highest BCUT2D eigenvalue weighted by molar-refractivity contribution is 7.09. The molecule has 0 aliphatic carbocycles. The minimum Gasteiger partial charge on any atom is -0.458 e. The van der Waals surface area contributed by atoms with Crippen LogP contribution in [0.4, 0.5) is 4.79 Å². The standard InChI is InChI=1S/C44H61N5O9S/c1-11-34-44(8)38-27(4)35(45-19-20-49(38)42(53)58-44)25(2)23-43(7,54-21-13-12-14-30-15-17-31(18-16-30)33-24-46-47-59-33)39(28(5)36(50)29(6)40(52)56-34)57-41-37(51)32(48(9)10)22-26(3)55-41/h15-18,24-29,32,34,37-39,41,51H,11,14,19-23H2,1-10H3/t25-,26-,27+,28+,29-,32+,34-,37-,38-,39-,41+,43-,44-/m1/s1. The number of aliphatic hydroxyl groups is 1. The van der Waals surface area contributed by atoms with E-state index >= 15 is 0 Å². The Kier molecular flexibility index (Phi) is 14.0. The number of rotatable bonds is 8. The zero-order chi connectivity index (χ0) is 42.8. The number of aliphatic imine (C=N–C) groups is 1. The van der Waals surface area contributed by atoms with Crippen LogP contribution in [0.15, 0.2) is 35.5 Å². The molecule has 2 aromatic rings. The van der Waals surface area contributed by atoms with Crippen LogP contribution in [-0.2, 0) is 39.7 Å². The second-order valence-corrected chi connectivity index (χ2v) is 18.2. The molecule has 59 heavy (non-hydrogen) atoms. The van der Waals surface area contributed by atoms with Gasteiger partial charge in [-0.2, -0.15) is 0 Å². The fraction of sp³-hybridized carbons (Fsp3) is 0.682. The smallest absolute Gasteiger partial charge is 0.410 e. The van der Waals surface area contributed by atoms with E-state index in [1.807, 2.05) is 77.9 Å². The van der Waals surface area contributed by atoms with Gasteiger partial charge >= 0.3 is 12.1 Å². The first-order valence-corrected chi connectivity index (χ1v) is 21.7. The van der Waals surface area contributed by atoms with Gasteiger partial charge in [-0.3, -0.25) is 19.5 Å². The Bertz CT molecular complexity index is 1900. The summed E-state index contributed by atoms with van der Waals surface area (Å²) in [7, 11) is 3.80. The normalized spacial score (nSPS) is 36.8. The van der Waals surface area contributed by atoms with E-state index in [4.69, 9.17) is 28.7 Å². The van der Waals surface area contributed by atoms with Gasteiger partial charge in [-0.25, -0.2) is 4.79 Å². The van der Waals surface area contributed by atoms with E-state index in [1.54, 1.807) is 18.0 Å². The number of nitrogens with zero attached hydrogens (tertiary/aromatic N) is 5. The molecule has 1 N–H and O–H groups in total. The summed E-state index contributed by atoms with van der Waals surface area (Å²) in [5, 5.41) is 15.6. The van der Waals surface area contributed by atoms with Crippen molar-refractivity contribution < 1.29 is 43.2 Å². The topological polar surface area (TPSA) is 162 Å². The third kappa shape index (κ3) is 9.28. The Balaban J connectivity index is 1.37. The van der Waals surface area contributed by atoms with Crippen LogP contribution in [0, 0.1) is 35.5 Å². The van der Waals surface area contributed by atoms with Crippen LogP contribution < -0.4 is 0 Å². The molecule has 14 nitrogen and oxygen atoms in total. The number of cyclic esters (lactones) is 1. The van der Waals surface area contributed by atoms with Crippen molar-refractivity contribution >= 4 is 35.1 Å². The molecule has 322 valence electrons. The van der Waals surface area contributed by atoms with Crippen molar-refractivity contribution in [2.75, 3.05) is 33.8 Å². The predicted octanol–water partition coefficient (Wildman–Crippen LogP) is 5.21. The highest BCUT2D eigenvalue weighted by Gasteiger charge is 2.60. The molecule has 0 radical (unpaired) electrons. The molecule has 4 aliphatic rings. The molecule has 3 fully saturated rings. The first-order valence-electron chi connectivity index (χ1n) is 20.9. The third-order valence-corrected chi connectivity index (χ3v) is 13.6. The lowest BCUT2D eigenvalue weighted by Crippen LogP contribution is -2.60. The molecule has 1 amide bonds. The van der Waals surface area contributed by atoms with E-state index in [2.05, 4.69) is 28.4 Å². The maximum absolute atomic E-state index is 14.6. The van der Waals surface area contributed by atoms with Gasteiger partial charge in [-0.15, -0.1) is 5.10 Å². The Hall–Kier alpha value is -3.78. The molecular formula is C44H61N5O9S. The molecule has 4 aliphatic heterocycles. The van der Waals surface area contributed by atoms with E-state index in [0.717, 1.165) is 21.7 Å². The number of likely N-dealkylation sites (N-methyl/N-ethyl adjacent to an activating group) is 1.